The van der Waals surface area contributed by atoms with Gasteiger partial charge in [0.05, 0.1) is 6.61 Å². The van der Waals surface area contributed by atoms with Crippen molar-refractivity contribution in [2.45, 2.75) is 25.9 Å². The summed E-state index contributed by atoms with van der Waals surface area (Å²) in [5, 5.41) is 0.649. The smallest absolute Gasteiger partial charge is 0.158 e. The monoisotopic (exact) mass is 294 g/mol. The van der Waals surface area contributed by atoms with Crippen molar-refractivity contribution < 1.29 is 9.13 Å². The van der Waals surface area contributed by atoms with Gasteiger partial charge in [-0.2, -0.15) is 0 Å². The van der Waals surface area contributed by atoms with Gasteiger partial charge >= 0.3 is 0 Å². The van der Waals surface area contributed by atoms with Crippen molar-refractivity contribution in [2.24, 2.45) is 10.7 Å². The van der Waals surface area contributed by atoms with E-state index >= 15 is 0 Å². The first-order chi connectivity index (χ1) is 9.74. The second kappa shape index (κ2) is 8.07. The number of halogens is 1. The van der Waals surface area contributed by atoms with Gasteiger partial charge in [0.25, 0.3) is 0 Å². The SMILES string of the molecule is NC1=NC=C(CCCCOCc2ccc(F)cc2)CS1. The highest BCUT2D eigenvalue weighted by molar-refractivity contribution is 8.14. The quantitative estimate of drug-likeness (QED) is 0.783. The summed E-state index contributed by atoms with van der Waals surface area (Å²) in [7, 11) is 0. The Morgan fingerprint density at radius 2 is 2.05 bits per heavy atom. The van der Waals surface area contributed by atoms with Gasteiger partial charge in [0.1, 0.15) is 5.82 Å². The summed E-state index contributed by atoms with van der Waals surface area (Å²) in [6, 6.07) is 6.42. The number of benzene rings is 1. The van der Waals surface area contributed by atoms with Crippen LogP contribution in [0.2, 0.25) is 0 Å². The molecular weight excluding hydrogens is 275 g/mol. The Morgan fingerprint density at radius 1 is 1.25 bits per heavy atom. The van der Waals surface area contributed by atoms with E-state index in [0.29, 0.717) is 11.8 Å². The van der Waals surface area contributed by atoms with Crippen molar-refractivity contribution in [3.8, 4) is 0 Å². The molecule has 0 spiro atoms. The van der Waals surface area contributed by atoms with Gasteiger partial charge in [0.15, 0.2) is 5.17 Å². The molecule has 0 saturated heterocycles. The molecular formula is C15H19FN2OS. The molecule has 108 valence electrons. The number of thioether (sulfide) groups is 1. The van der Waals surface area contributed by atoms with E-state index < -0.39 is 0 Å². The minimum Gasteiger partial charge on any atom is -0.378 e. The van der Waals surface area contributed by atoms with Crippen molar-refractivity contribution in [2.75, 3.05) is 12.4 Å². The number of nitrogens with zero attached hydrogens (tertiary/aromatic N) is 1. The third kappa shape index (κ3) is 5.35. The van der Waals surface area contributed by atoms with Crippen molar-refractivity contribution in [1.82, 2.24) is 0 Å². The van der Waals surface area contributed by atoms with Crippen LogP contribution in [0.15, 0.2) is 41.0 Å². The van der Waals surface area contributed by atoms with Gasteiger partial charge in [-0.1, -0.05) is 23.9 Å². The summed E-state index contributed by atoms with van der Waals surface area (Å²) in [6.07, 6.45) is 5.03. The van der Waals surface area contributed by atoms with E-state index in [0.717, 1.165) is 37.2 Å². The summed E-state index contributed by atoms with van der Waals surface area (Å²) in [6.45, 7) is 1.27. The van der Waals surface area contributed by atoms with E-state index in [-0.39, 0.29) is 5.82 Å². The van der Waals surface area contributed by atoms with E-state index in [1.807, 2.05) is 6.20 Å². The maximum Gasteiger partial charge on any atom is 0.158 e. The van der Waals surface area contributed by atoms with Crippen LogP contribution in [0.4, 0.5) is 4.39 Å². The Labute approximate surface area is 123 Å². The molecule has 1 aromatic carbocycles. The van der Waals surface area contributed by atoms with Crippen molar-refractivity contribution in [3.63, 3.8) is 0 Å². The molecule has 5 heteroatoms. The fourth-order valence-electron chi connectivity index (χ4n) is 1.86. The Hall–Kier alpha value is -1.33. The molecule has 1 aliphatic heterocycles. The third-order valence-electron chi connectivity index (χ3n) is 3.00. The van der Waals surface area contributed by atoms with E-state index in [2.05, 4.69) is 4.99 Å². The first kappa shape index (κ1) is 15.1. The molecule has 1 aromatic rings. The molecule has 0 saturated carbocycles. The molecule has 1 aliphatic rings. The Balaban J connectivity index is 1.55. The molecule has 0 amide bonds. The predicted molar refractivity (Wildman–Crippen MR) is 82.1 cm³/mol. The van der Waals surface area contributed by atoms with Crippen molar-refractivity contribution in [3.05, 3.63) is 47.4 Å². The molecule has 0 radical (unpaired) electrons. The second-order valence-corrected chi connectivity index (χ2v) is 5.68. The molecule has 0 fully saturated rings. The van der Waals surface area contributed by atoms with Crippen molar-refractivity contribution >= 4 is 16.9 Å². The average Bonchev–Trinajstić information content (AvgIpc) is 2.46. The highest BCUT2D eigenvalue weighted by Gasteiger charge is 2.05. The third-order valence-corrected chi connectivity index (χ3v) is 3.91. The van der Waals surface area contributed by atoms with Crippen LogP contribution in [-0.2, 0) is 11.3 Å². The number of hydrogen-bond donors (Lipinski definition) is 1. The molecule has 0 atom stereocenters. The van der Waals surface area contributed by atoms with Crippen LogP contribution >= 0.6 is 11.8 Å². The lowest BCUT2D eigenvalue weighted by Crippen LogP contribution is -2.10. The van der Waals surface area contributed by atoms with Gasteiger partial charge in [-0.25, -0.2) is 9.38 Å². The minimum atomic E-state index is -0.212. The number of hydrogen-bond acceptors (Lipinski definition) is 4. The second-order valence-electron chi connectivity index (χ2n) is 4.68. The maximum atomic E-state index is 12.7. The first-order valence-electron chi connectivity index (χ1n) is 6.70. The summed E-state index contributed by atoms with van der Waals surface area (Å²) in [5.74, 6) is 0.738. The zero-order chi connectivity index (χ0) is 14.2. The van der Waals surface area contributed by atoms with E-state index in [1.54, 1.807) is 23.9 Å². The number of aliphatic imine (C=N–C) groups is 1. The predicted octanol–water partition coefficient (Wildman–Crippen LogP) is 3.46. The number of amidine groups is 1. The van der Waals surface area contributed by atoms with Gasteiger partial charge in [-0.05, 0) is 42.5 Å². The lowest BCUT2D eigenvalue weighted by atomic mass is 10.1. The first-order valence-corrected chi connectivity index (χ1v) is 7.69. The Bertz CT molecular complexity index is 485. The fourth-order valence-corrected chi connectivity index (χ4v) is 2.54. The van der Waals surface area contributed by atoms with Crippen molar-refractivity contribution in [1.29, 1.82) is 0 Å². The standard InChI is InChI=1S/C15H19FN2OS/c16-14-6-4-12(5-7-14)10-19-8-2-1-3-13-9-18-15(17)20-11-13/h4-7,9H,1-3,8,10-11H2,(H2,17,18). The minimum absolute atomic E-state index is 0.212. The van der Waals surface area contributed by atoms with Crippen LogP contribution in [0.5, 0.6) is 0 Å². The zero-order valence-electron chi connectivity index (χ0n) is 11.3. The summed E-state index contributed by atoms with van der Waals surface area (Å²) in [5.41, 5.74) is 7.92. The fraction of sp³-hybridized carbons (Fsp3) is 0.400. The highest BCUT2D eigenvalue weighted by Crippen LogP contribution is 2.18. The molecule has 2 N–H and O–H groups in total. The van der Waals surface area contributed by atoms with E-state index in [9.17, 15) is 4.39 Å². The molecule has 20 heavy (non-hydrogen) atoms. The summed E-state index contributed by atoms with van der Waals surface area (Å²) >= 11 is 1.59. The number of nitrogens with two attached hydrogens (primary N) is 1. The van der Waals surface area contributed by atoms with Crippen LogP contribution < -0.4 is 5.73 Å². The van der Waals surface area contributed by atoms with Gasteiger partial charge in [0.2, 0.25) is 0 Å². The largest absolute Gasteiger partial charge is 0.378 e. The molecule has 0 aliphatic carbocycles. The van der Waals surface area contributed by atoms with Crippen LogP contribution in [0.1, 0.15) is 24.8 Å². The van der Waals surface area contributed by atoms with Crippen LogP contribution in [-0.4, -0.2) is 17.5 Å². The van der Waals surface area contributed by atoms with Crippen LogP contribution in [0.3, 0.4) is 0 Å². The van der Waals surface area contributed by atoms with Crippen LogP contribution in [0.25, 0.3) is 0 Å². The van der Waals surface area contributed by atoms with Gasteiger partial charge in [-0.15, -0.1) is 0 Å². The van der Waals surface area contributed by atoms with Gasteiger partial charge < -0.3 is 10.5 Å². The lowest BCUT2D eigenvalue weighted by Gasteiger charge is -2.10. The number of rotatable bonds is 7. The molecule has 0 aromatic heterocycles. The normalized spacial score (nSPS) is 14.8. The van der Waals surface area contributed by atoms with Crippen LogP contribution in [0, 0.1) is 5.82 Å². The Morgan fingerprint density at radius 3 is 2.75 bits per heavy atom. The molecule has 2 rings (SSSR count). The molecule has 0 unspecified atom stereocenters. The lowest BCUT2D eigenvalue weighted by molar-refractivity contribution is 0.117. The molecule has 0 bridgehead atoms. The van der Waals surface area contributed by atoms with E-state index in [1.165, 1.54) is 17.7 Å². The van der Waals surface area contributed by atoms with Gasteiger partial charge in [0, 0.05) is 18.6 Å². The molecule has 3 nitrogen and oxygen atoms in total. The Kier molecular flexibility index (Phi) is 6.08. The molecule has 1 heterocycles. The van der Waals surface area contributed by atoms with Gasteiger partial charge in [-0.3, -0.25) is 0 Å². The highest BCUT2D eigenvalue weighted by atomic mass is 32.2. The summed E-state index contributed by atoms with van der Waals surface area (Å²) < 4.78 is 18.3. The average molecular weight is 294 g/mol. The number of ether oxygens (including phenoxy) is 1. The maximum absolute atomic E-state index is 12.7. The number of unbranched alkanes of at least 4 members (excludes halogenated alkanes) is 1. The topological polar surface area (TPSA) is 47.6 Å². The zero-order valence-corrected chi connectivity index (χ0v) is 12.2. The van der Waals surface area contributed by atoms with E-state index in [4.69, 9.17) is 10.5 Å². The summed E-state index contributed by atoms with van der Waals surface area (Å²) in [4.78, 5) is 4.11.